The Labute approximate surface area is 208 Å². The van der Waals surface area contributed by atoms with Gasteiger partial charge in [-0.3, -0.25) is 10.2 Å². The van der Waals surface area contributed by atoms with E-state index in [0.717, 1.165) is 37.9 Å². The van der Waals surface area contributed by atoms with E-state index in [2.05, 4.69) is 29.1 Å². The number of allylic oxidation sites excluding steroid dienone is 3. The van der Waals surface area contributed by atoms with Crippen LogP contribution < -0.4 is 10.9 Å². The molecule has 5 rings (SSSR count). The topological polar surface area (TPSA) is 77.3 Å². The number of amides is 1. The maximum atomic E-state index is 12.9. The summed E-state index contributed by atoms with van der Waals surface area (Å²) < 4.78 is 0. The van der Waals surface area contributed by atoms with Gasteiger partial charge in [-0.1, -0.05) is 84.6 Å². The first-order chi connectivity index (χ1) is 17.2. The van der Waals surface area contributed by atoms with Crippen LogP contribution in [0, 0.1) is 11.3 Å². The molecule has 5 nitrogen and oxygen atoms in total. The van der Waals surface area contributed by atoms with E-state index in [-0.39, 0.29) is 5.91 Å². The van der Waals surface area contributed by atoms with E-state index in [4.69, 9.17) is 4.99 Å². The number of carbonyl (C=O) groups excluding carboxylic acids is 1. The lowest BCUT2D eigenvalue weighted by Crippen LogP contribution is -2.37. The molecule has 170 valence electrons. The molecule has 6 heteroatoms. The second kappa shape index (κ2) is 10.4. The minimum Gasteiger partial charge on any atom is -0.287 e. The van der Waals surface area contributed by atoms with Gasteiger partial charge >= 0.3 is 0 Å². The number of thioether (sulfide) groups is 1. The van der Waals surface area contributed by atoms with Crippen LogP contribution in [0.5, 0.6) is 0 Å². The number of rotatable bonds is 5. The van der Waals surface area contributed by atoms with Crippen molar-refractivity contribution in [3.05, 3.63) is 136 Å². The number of benzene rings is 3. The molecule has 2 N–H and O–H groups in total. The van der Waals surface area contributed by atoms with Gasteiger partial charge in [-0.15, -0.1) is 0 Å². The van der Waals surface area contributed by atoms with Crippen LogP contribution in [0.25, 0.3) is 0 Å². The Morgan fingerprint density at radius 3 is 2.57 bits per heavy atom. The van der Waals surface area contributed by atoms with Gasteiger partial charge in [-0.05, 0) is 36.3 Å². The van der Waals surface area contributed by atoms with E-state index in [1.165, 1.54) is 0 Å². The fourth-order valence-corrected chi connectivity index (χ4v) is 4.96. The van der Waals surface area contributed by atoms with Crippen LogP contribution in [0.3, 0.4) is 0 Å². The van der Waals surface area contributed by atoms with E-state index in [1.807, 2.05) is 72.8 Å². The standard InChI is InChI=1S/C29H22N4OS/c30-18-20-13-15-22(16-14-20)28-24-10-4-5-11-26(24)35-27-12-6-9-23(17-25(27)32-28)29(34)33-31-19-21-7-2-1-3-8-21/h1-11,13-17,31H,12,19H2,(H,33,34). The molecule has 0 spiro atoms. The lowest BCUT2D eigenvalue weighted by molar-refractivity contribution is -0.118. The van der Waals surface area contributed by atoms with Gasteiger partial charge < -0.3 is 0 Å². The van der Waals surface area contributed by atoms with Gasteiger partial charge in [0.15, 0.2) is 0 Å². The molecule has 0 fully saturated rings. The van der Waals surface area contributed by atoms with Crippen molar-refractivity contribution in [3.63, 3.8) is 0 Å². The van der Waals surface area contributed by atoms with Crippen LogP contribution in [0.4, 0.5) is 0 Å². The molecule has 0 bridgehead atoms. The zero-order valence-corrected chi connectivity index (χ0v) is 19.7. The maximum absolute atomic E-state index is 12.9. The smallest absolute Gasteiger partial charge is 0.265 e. The van der Waals surface area contributed by atoms with Crippen molar-refractivity contribution in [2.45, 2.75) is 17.9 Å². The van der Waals surface area contributed by atoms with Crippen molar-refractivity contribution in [1.29, 1.82) is 5.26 Å². The van der Waals surface area contributed by atoms with Crippen LogP contribution in [0.15, 0.2) is 123 Å². The quantitative estimate of drug-likeness (QED) is 0.484. The van der Waals surface area contributed by atoms with Crippen molar-refractivity contribution >= 4 is 23.4 Å². The number of nitrogens with one attached hydrogen (secondary N) is 2. The highest BCUT2D eigenvalue weighted by Gasteiger charge is 2.21. The molecular formula is C29H22N4OS. The molecule has 0 saturated carbocycles. The minimum absolute atomic E-state index is 0.215. The van der Waals surface area contributed by atoms with Crippen molar-refractivity contribution < 1.29 is 4.79 Å². The lowest BCUT2D eigenvalue weighted by Gasteiger charge is -2.10. The van der Waals surface area contributed by atoms with Gasteiger partial charge in [0.25, 0.3) is 5.91 Å². The van der Waals surface area contributed by atoms with Crippen LogP contribution >= 0.6 is 11.8 Å². The van der Waals surface area contributed by atoms with Crippen molar-refractivity contribution in [1.82, 2.24) is 10.9 Å². The van der Waals surface area contributed by atoms with E-state index in [9.17, 15) is 10.1 Å². The summed E-state index contributed by atoms with van der Waals surface area (Å²) in [5.41, 5.74) is 11.6. The molecule has 1 amide bonds. The summed E-state index contributed by atoms with van der Waals surface area (Å²) in [6, 6.07) is 27.7. The summed E-state index contributed by atoms with van der Waals surface area (Å²) in [6.07, 6.45) is 6.38. The highest BCUT2D eigenvalue weighted by atomic mass is 32.2. The zero-order valence-electron chi connectivity index (χ0n) is 18.9. The van der Waals surface area contributed by atoms with Crippen LogP contribution in [-0.4, -0.2) is 11.6 Å². The molecule has 0 unspecified atom stereocenters. The fourth-order valence-electron chi connectivity index (χ4n) is 3.89. The monoisotopic (exact) mass is 474 g/mol. The first kappa shape index (κ1) is 22.6. The van der Waals surface area contributed by atoms with Crippen LogP contribution in [-0.2, 0) is 11.3 Å². The highest BCUT2D eigenvalue weighted by molar-refractivity contribution is 8.03. The normalized spacial score (nSPS) is 14.5. The third kappa shape index (κ3) is 5.17. The van der Waals surface area contributed by atoms with Crippen molar-refractivity contribution in [2.75, 3.05) is 0 Å². The lowest BCUT2D eigenvalue weighted by atomic mass is 10.0. The number of hydrogen-bond acceptors (Lipinski definition) is 5. The summed E-state index contributed by atoms with van der Waals surface area (Å²) in [5.74, 6) is -0.215. The third-order valence-electron chi connectivity index (χ3n) is 5.67. The molecule has 1 aliphatic heterocycles. The number of hydrazine groups is 1. The molecular weight excluding hydrogens is 452 g/mol. The summed E-state index contributed by atoms with van der Waals surface area (Å²) in [4.78, 5) is 20.2. The molecule has 35 heavy (non-hydrogen) atoms. The van der Waals surface area contributed by atoms with E-state index in [1.54, 1.807) is 23.9 Å². The third-order valence-corrected chi connectivity index (χ3v) is 6.87. The number of carbonyl (C=O) groups is 1. The first-order valence-electron chi connectivity index (χ1n) is 11.3. The largest absolute Gasteiger partial charge is 0.287 e. The van der Waals surface area contributed by atoms with E-state index >= 15 is 0 Å². The van der Waals surface area contributed by atoms with Crippen molar-refractivity contribution in [2.24, 2.45) is 4.99 Å². The Morgan fingerprint density at radius 1 is 1.00 bits per heavy atom. The van der Waals surface area contributed by atoms with E-state index in [0.29, 0.717) is 24.1 Å². The molecule has 2 aliphatic rings. The molecule has 3 aromatic rings. The second-order valence-electron chi connectivity index (χ2n) is 8.06. The average molecular weight is 475 g/mol. The van der Waals surface area contributed by atoms with Crippen LogP contribution in [0.2, 0.25) is 0 Å². The Morgan fingerprint density at radius 2 is 1.77 bits per heavy atom. The molecule has 1 heterocycles. The van der Waals surface area contributed by atoms with Gasteiger partial charge in [0, 0.05) is 33.0 Å². The van der Waals surface area contributed by atoms with Crippen molar-refractivity contribution in [3.8, 4) is 6.07 Å². The van der Waals surface area contributed by atoms with Gasteiger partial charge in [0.1, 0.15) is 0 Å². The van der Waals surface area contributed by atoms with Gasteiger partial charge in [-0.2, -0.15) is 5.26 Å². The molecule has 3 aromatic carbocycles. The number of hydrogen-bond donors (Lipinski definition) is 2. The van der Waals surface area contributed by atoms with Gasteiger partial charge in [0.2, 0.25) is 0 Å². The SMILES string of the molecule is N#Cc1ccc(C2=NC3=C(CC=CC(C(=O)NNCc4ccccc4)=C3)Sc3ccccc32)cc1. The fraction of sp³-hybridized carbons (Fsp3) is 0.0690. The molecule has 1 aliphatic carbocycles. The number of nitrogens with zero attached hydrogens (tertiary/aromatic N) is 2. The maximum Gasteiger partial charge on any atom is 0.265 e. The zero-order chi connectivity index (χ0) is 24.0. The van der Waals surface area contributed by atoms with Gasteiger partial charge in [0.05, 0.1) is 23.0 Å². The molecule has 0 radical (unpaired) electrons. The first-order valence-corrected chi connectivity index (χ1v) is 12.1. The number of nitriles is 1. The number of fused-ring (bicyclic) bond motifs is 1. The summed E-state index contributed by atoms with van der Waals surface area (Å²) in [7, 11) is 0. The van der Waals surface area contributed by atoms with E-state index < -0.39 is 0 Å². The predicted octanol–water partition coefficient (Wildman–Crippen LogP) is 5.42. The summed E-state index contributed by atoms with van der Waals surface area (Å²) >= 11 is 1.68. The average Bonchev–Trinajstić information content (AvgIpc) is 3.19. The predicted molar refractivity (Wildman–Crippen MR) is 139 cm³/mol. The highest BCUT2D eigenvalue weighted by Crippen LogP contribution is 2.40. The Kier molecular flexibility index (Phi) is 6.71. The Hall–Kier alpha value is -4.18. The molecule has 0 atom stereocenters. The summed E-state index contributed by atoms with van der Waals surface area (Å²) in [5, 5.41) is 9.19. The summed E-state index contributed by atoms with van der Waals surface area (Å²) in [6.45, 7) is 0.531. The molecule has 0 aromatic heterocycles. The van der Waals surface area contributed by atoms with Gasteiger partial charge in [-0.25, -0.2) is 10.4 Å². The number of aliphatic imine (C=N–C) groups is 1. The van der Waals surface area contributed by atoms with Crippen LogP contribution in [0.1, 0.15) is 28.7 Å². The second-order valence-corrected chi connectivity index (χ2v) is 9.19. The molecule has 0 saturated heterocycles. The Balaban J connectivity index is 1.46. The Bertz CT molecular complexity index is 1430. The minimum atomic E-state index is -0.215.